The molecular weight excluding hydrogens is 220 g/mol. The zero-order valence-corrected chi connectivity index (χ0v) is 10.8. The van der Waals surface area contributed by atoms with E-state index in [4.69, 9.17) is 0 Å². The first-order valence-corrected chi connectivity index (χ1v) is 6.96. The first kappa shape index (κ1) is 12.0. The number of rotatable bonds is 3. The lowest BCUT2D eigenvalue weighted by molar-refractivity contribution is 0.0751. The minimum absolute atomic E-state index is 0.335. The van der Waals surface area contributed by atoms with E-state index in [0.717, 1.165) is 29.3 Å². The van der Waals surface area contributed by atoms with E-state index in [1.807, 2.05) is 6.92 Å². The molecule has 16 heavy (non-hydrogen) atoms. The summed E-state index contributed by atoms with van der Waals surface area (Å²) in [5.41, 5.74) is 0.898. The third-order valence-corrected chi connectivity index (χ3v) is 4.77. The minimum atomic E-state index is -0.335. The molecule has 1 atom stereocenters. The molecule has 1 aliphatic rings. The molecule has 90 valence electrons. The van der Waals surface area contributed by atoms with Crippen LogP contribution in [0.25, 0.3) is 0 Å². The molecule has 0 bridgehead atoms. The molecule has 0 spiro atoms. The molecule has 2 rings (SSSR count). The van der Waals surface area contributed by atoms with E-state index >= 15 is 0 Å². The molecule has 0 aliphatic heterocycles. The highest BCUT2D eigenvalue weighted by Gasteiger charge is 2.28. The van der Waals surface area contributed by atoms with Gasteiger partial charge in [0.05, 0.1) is 16.7 Å². The Balaban J connectivity index is 1.97. The molecule has 3 nitrogen and oxygen atoms in total. The van der Waals surface area contributed by atoms with Crippen LogP contribution >= 0.6 is 11.5 Å². The fourth-order valence-electron chi connectivity index (χ4n) is 2.64. The van der Waals surface area contributed by atoms with Gasteiger partial charge >= 0.3 is 0 Å². The second-order valence-electron chi connectivity index (χ2n) is 4.86. The Morgan fingerprint density at radius 2 is 2.06 bits per heavy atom. The molecule has 1 saturated carbocycles. The highest BCUT2D eigenvalue weighted by molar-refractivity contribution is 7.05. The van der Waals surface area contributed by atoms with E-state index in [1.165, 1.54) is 30.8 Å². The molecule has 0 aromatic carbocycles. The predicted octanol–water partition coefficient (Wildman–Crippen LogP) is 3.10. The van der Waals surface area contributed by atoms with Gasteiger partial charge in [0.25, 0.3) is 0 Å². The van der Waals surface area contributed by atoms with Crippen molar-refractivity contribution in [3.63, 3.8) is 0 Å². The topological polar surface area (TPSA) is 46.0 Å². The van der Waals surface area contributed by atoms with Crippen molar-refractivity contribution >= 4 is 11.5 Å². The first-order chi connectivity index (χ1) is 7.72. The van der Waals surface area contributed by atoms with Crippen molar-refractivity contribution < 1.29 is 5.11 Å². The number of aromatic nitrogens is 2. The summed E-state index contributed by atoms with van der Waals surface area (Å²) in [5, 5.41) is 14.3. The number of aliphatic hydroxyl groups excluding tert-OH is 1. The maximum atomic E-state index is 10.3. The van der Waals surface area contributed by atoms with Crippen molar-refractivity contribution in [1.29, 1.82) is 0 Å². The second kappa shape index (κ2) is 5.23. The quantitative estimate of drug-likeness (QED) is 0.883. The number of aryl methyl sites for hydroxylation is 1. The summed E-state index contributed by atoms with van der Waals surface area (Å²) in [5.74, 6) is 1.30. The lowest BCUT2D eigenvalue weighted by Gasteiger charge is -2.30. The van der Waals surface area contributed by atoms with Crippen molar-refractivity contribution in [3.8, 4) is 0 Å². The van der Waals surface area contributed by atoms with Crippen LogP contribution in [0, 0.1) is 18.8 Å². The molecule has 0 saturated heterocycles. The zero-order valence-electron chi connectivity index (χ0n) is 10.0. The molecule has 0 radical (unpaired) electrons. The minimum Gasteiger partial charge on any atom is -0.387 e. The maximum Gasteiger partial charge on any atom is 0.0945 e. The van der Waals surface area contributed by atoms with Gasteiger partial charge in [-0.3, -0.25) is 0 Å². The summed E-state index contributed by atoms with van der Waals surface area (Å²) in [6, 6.07) is 0. The largest absolute Gasteiger partial charge is 0.387 e. The summed E-state index contributed by atoms with van der Waals surface area (Å²) in [4.78, 5) is 0.972. The molecule has 0 amide bonds. The number of hydrogen-bond acceptors (Lipinski definition) is 4. The van der Waals surface area contributed by atoms with Crippen LogP contribution in [0.3, 0.4) is 0 Å². The highest BCUT2D eigenvalue weighted by atomic mass is 32.1. The van der Waals surface area contributed by atoms with E-state index in [-0.39, 0.29) is 6.10 Å². The average Bonchev–Trinajstić information content (AvgIpc) is 2.75. The van der Waals surface area contributed by atoms with E-state index in [1.54, 1.807) is 0 Å². The van der Waals surface area contributed by atoms with E-state index in [0.29, 0.717) is 5.92 Å². The standard InChI is InChI=1S/C12H20N2OS/c1-3-9-4-6-10(7-5-9)11(15)12-8(2)13-14-16-12/h9-11,15H,3-7H2,1-2H3. The Morgan fingerprint density at radius 3 is 2.56 bits per heavy atom. The fourth-order valence-corrected chi connectivity index (χ4v) is 3.36. The van der Waals surface area contributed by atoms with Gasteiger partial charge in [-0.2, -0.15) is 0 Å². The molecule has 1 unspecified atom stereocenters. The maximum absolute atomic E-state index is 10.3. The predicted molar refractivity (Wildman–Crippen MR) is 65.3 cm³/mol. The van der Waals surface area contributed by atoms with Crippen molar-refractivity contribution in [3.05, 3.63) is 10.6 Å². The summed E-state index contributed by atoms with van der Waals surface area (Å²) in [7, 11) is 0. The summed E-state index contributed by atoms with van der Waals surface area (Å²) < 4.78 is 3.90. The lowest BCUT2D eigenvalue weighted by Crippen LogP contribution is -2.20. The lowest BCUT2D eigenvalue weighted by atomic mass is 9.78. The fraction of sp³-hybridized carbons (Fsp3) is 0.833. The van der Waals surface area contributed by atoms with Crippen LogP contribution in [0.2, 0.25) is 0 Å². The smallest absolute Gasteiger partial charge is 0.0945 e. The third kappa shape index (κ3) is 2.43. The third-order valence-electron chi connectivity index (χ3n) is 3.87. The van der Waals surface area contributed by atoms with Gasteiger partial charge in [0.15, 0.2) is 0 Å². The molecule has 1 aromatic heterocycles. The van der Waals surface area contributed by atoms with Crippen LogP contribution in [-0.4, -0.2) is 14.7 Å². The average molecular weight is 240 g/mol. The molecular formula is C12H20N2OS. The van der Waals surface area contributed by atoms with Gasteiger partial charge in [-0.25, -0.2) is 0 Å². The summed E-state index contributed by atoms with van der Waals surface area (Å²) in [6.45, 7) is 4.19. The Hall–Kier alpha value is -0.480. The van der Waals surface area contributed by atoms with E-state index in [9.17, 15) is 5.11 Å². The number of hydrogen-bond donors (Lipinski definition) is 1. The van der Waals surface area contributed by atoms with Gasteiger partial charge in [0, 0.05) is 0 Å². The van der Waals surface area contributed by atoms with Gasteiger partial charge in [0.2, 0.25) is 0 Å². The zero-order chi connectivity index (χ0) is 11.5. The highest BCUT2D eigenvalue weighted by Crippen LogP contribution is 2.39. The van der Waals surface area contributed by atoms with E-state index < -0.39 is 0 Å². The van der Waals surface area contributed by atoms with Crippen LogP contribution in [0.15, 0.2) is 0 Å². The van der Waals surface area contributed by atoms with Crippen LogP contribution in [0.4, 0.5) is 0 Å². The first-order valence-electron chi connectivity index (χ1n) is 6.19. The van der Waals surface area contributed by atoms with Gasteiger partial charge in [-0.15, -0.1) is 5.10 Å². The van der Waals surface area contributed by atoms with Gasteiger partial charge in [-0.05, 0) is 43.1 Å². The summed E-state index contributed by atoms with van der Waals surface area (Å²) >= 11 is 1.35. The van der Waals surface area contributed by atoms with Crippen molar-refractivity contribution in [2.45, 2.75) is 52.1 Å². The molecule has 1 aromatic rings. The van der Waals surface area contributed by atoms with Crippen LogP contribution in [0.5, 0.6) is 0 Å². The van der Waals surface area contributed by atoms with Crippen molar-refractivity contribution in [1.82, 2.24) is 9.59 Å². The van der Waals surface area contributed by atoms with Gasteiger partial charge in [0.1, 0.15) is 0 Å². The normalized spacial score (nSPS) is 27.9. The molecule has 4 heteroatoms. The molecule has 1 heterocycles. The van der Waals surface area contributed by atoms with Crippen molar-refractivity contribution in [2.75, 3.05) is 0 Å². The summed E-state index contributed by atoms with van der Waals surface area (Å²) in [6.07, 6.45) is 5.78. The second-order valence-corrected chi connectivity index (χ2v) is 5.64. The van der Waals surface area contributed by atoms with Crippen LogP contribution < -0.4 is 0 Å². The van der Waals surface area contributed by atoms with Gasteiger partial charge in [-0.1, -0.05) is 30.7 Å². The Bertz CT molecular complexity index is 332. The van der Waals surface area contributed by atoms with Crippen molar-refractivity contribution in [2.24, 2.45) is 11.8 Å². The van der Waals surface area contributed by atoms with Gasteiger partial charge < -0.3 is 5.11 Å². The number of nitrogens with zero attached hydrogens (tertiary/aromatic N) is 2. The molecule has 1 aliphatic carbocycles. The Morgan fingerprint density at radius 1 is 1.38 bits per heavy atom. The van der Waals surface area contributed by atoms with Crippen LogP contribution in [0.1, 0.15) is 55.7 Å². The Labute approximate surface area is 101 Å². The molecule has 1 N–H and O–H groups in total. The van der Waals surface area contributed by atoms with Crippen LogP contribution in [-0.2, 0) is 0 Å². The number of aliphatic hydroxyl groups is 1. The SMILES string of the molecule is CCC1CCC(C(O)c2snnc2C)CC1. The monoisotopic (exact) mass is 240 g/mol. The molecule has 1 fully saturated rings. The Kier molecular flexibility index (Phi) is 3.92. The van der Waals surface area contributed by atoms with E-state index in [2.05, 4.69) is 16.5 Å².